The first-order chi connectivity index (χ1) is 13.5. The monoisotopic (exact) mass is 380 g/mol. The number of rotatable bonds is 6. The van der Waals surface area contributed by atoms with Crippen LogP contribution in [-0.2, 0) is 0 Å². The molecule has 3 N–H and O–H groups in total. The van der Waals surface area contributed by atoms with E-state index in [-0.39, 0.29) is 17.1 Å². The van der Waals surface area contributed by atoms with Crippen molar-refractivity contribution in [3.05, 3.63) is 47.8 Å². The topological polar surface area (TPSA) is 59.1 Å². The van der Waals surface area contributed by atoms with Crippen LogP contribution in [-0.4, -0.2) is 21.7 Å². The third-order valence-electron chi connectivity index (χ3n) is 7.98. The molecule has 1 aromatic heterocycles. The fraction of sp³-hybridized carbons (Fsp3) is 0.640. The van der Waals surface area contributed by atoms with Gasteiger partial charge in [0.1, 0.15) is 0 Å². The minimum absolute atomic E-state index is 0.120. The Hall–Kier alpha value is -1.45. The second-order valence-electron chi connectivity index (χ2n) is 9.68. The molecule has 0 radical (unpaired) electrons. The van der Waals surface area contributed by atoms with Gasteiger partial charge >= 0.3 is 0 Å². The fourth-order valence-electron chi connectivity index (χ4n) is 6.37. The average molecular weight is 381 g/mol. The molecular weight excluding hydrogens is 344 g/mol. The van der Waals surface area contributed by atoms with Gasteiger partial charge in [-0.15, -0.1) is 0 Å². The lowest BCUT2D eigenvalue weighted by atomic mass is 9.51. The number of aliphatic hydroxyl groups is 1. The number of pyridine rings is 1. The van der Waals surface area contributed by atoms with Gasteiger partial charge in [-0.05, 0) is 79.4 Å². The second kappa shape index (κ2) is 7.76. The predicted molar refractivity (Wildman–Crippen MR) is 116 cm³/mol. The molecule has 0 amide bonds. The van der Waals surface area contributed by atoms with Gasteiger partial charge in [0.05, 0.1) is 6.10 Å². The standard InChI is InChI=1S/C25H36N2O/c1-3-4-7-21(28)16-18-10-13-25(26)20(15-18)11-12-24(2)22(8-9-23(24)25)19-6-5-14-27-17-19/h5-6,8,10,14,17,20-21,23,28H,3-4,7,9,11-13,15-16,26H2,1-2H3. The predicted octanol–water partition coefficient (Wildman–Crippen LogP) is 5.26. The van der Waals surface area contributed by atoms with Gasteiger partial charge in [0.25, 0.3) is 0 Å². The smallest absolute Gasteiger partial charge is 0.0577 e. The van der Waals surface area contributed by atoms with Crippen molar-refractivity contribution in [2.75, 3.05) is 0 Å². The molecular formula is C25H36N2O. The molecule has 0 saturated heterocycles. The first-order valence-electron chi connectivity index (χ1n) is 11.2. The maximum absolute atomic E-state index is 10.4. The summed E-state index contributed by atoms with van der Waals surface area (Å²) in [5.74, 6) is 1.04. The van der Waals surface area contributed by atoms with Crippen LogP contribution in [0.15, 0.2) is 42.3 Å². The lowest BCUT2D eigenvalue weighted by Gasteiger charge is -2.56. The SMILES string of the molecule is CCCCC(O)CC1=CCC2(N)C(CCC3(C)C(c4cccnc4)=CCC32)C1. The van der Waals surface area contributed by atoms with Crippen molar-refractivity contribution in [3.63, 3.8) is 0 Å². The van der Waals surface area contributed by atoms with Gasteiger partial charge in [-0.2, -0.15) is 0 Å². The zero-order chi connectivity index (χ0) is 19.8. The Morgan fingerprint density at radius 3 is 2.96 bits per heavy atom. The molecule has 3 aliphatic rings. The highest BCUT2D eigenvalue weighted by Gasteiger charge is 2.57. The van der Waals surface area contributed by atoms with E-state index in [0.29, 0.717) is 11.8 Å². The van der Waals surface area contributed by atoms with E-state index in [1.165, 1.54) is 29.6 Å². The first kappa shape index (κ1) is 19.8. The highest BCUT2D eigenvalue weighted by Crippen LogP contribution is 2.62. The molecule has 1 saturated carbocycles. The van der Waals surface area contributed by atoms with E-state index in [9.17, 15) is 5.11 Å². The molecule has 3 aliphatic carbocycles. The van der Waals surface area contributed by atoms with Gasteiger partial charge in [0.15, 0.2) is 0 Å². The average Bonchev–Trinajstić information content (AvgIpc) is 3.06. The van der Waals surface area contributed by atoms with Crippen molar-refractivity contribution in [1.82, 2.24) is 4.98 Å². The molecule has 3 nitrogen and oxygen atoms in total. The van der Waals surface area contributed by atoms with Crippen LogP contribution >= 0.6 is 0 Å². The van der Waals surface area contributed by atoms with Crippen molar-refractivity contribution in [3.8, 4) is 0 Å². The Labute approximate surface area is 170 Å². The Balaban J connectivity index is 1.51. The Kier molecular flexibility index (Phi) is 5.50. The van der Waals surface area contributed by atoms with Crippen LogP contribution in [0.25, 0.3) is 5.57 Å². The number of hydrogen-bond donors (Lipinski definition) is 2. The van der Waals surface area contributed by atoms with Gasteiger partial charge in [0.2, 0.25) is 0 Å². The van der Waals surface area contributed by atoms with Crippen molar-refractivity contribution in [1.29, 1.82) is 0 Å². The number of aromatic nitrogens is 1. The number of allylic oxidation sites excluding steroid dienone is 2. The number of hydrogen-bond acceptors (Lipinski definition) is 3. The van der Waals surface area contributed by atoms with E-state index in [1.54, 1.807) is 0 Å². The van der Waals surface area contributed by atoms with Crippen LogP contribution in [0.5, 0.6) is 0 Å². The van der Waals surface area contributed by atoms with Crippen molar-refractivity contribution in [2.45, 2.75) is 83.3 Å². The van der Waals surface area contributed by atoms with Crippen LogP contribution in [0, 0.1) is 17.3 Å². The van der Waals surface area contributed by atoms with Gasteiger partial charge in [-0.3, -0.25) is 4.98 Å². The summed E-state index contributed by atoms with van der Waals surface area (Å²) < 4.78 is 0. The Morgan fingerprint density at radius 2 is 2.21 bits per heavy atom. The minimum Gasteiger partial charge on any atom is -0.393 e. The van der Waals surface area contributed by atoms with Crippen molar-refractivity contribution >= 4 is 5.57 Å². The van der Waals surface area contributed by atoms with Gasteiger partial charge in [-0.1, -0.05) is 50.5 Å². The number of fused-ring (bicyclic) bond motifs is 3. The van der Waals surface area contributed by atoms with E-state index in [1.807, 2.05) is 18.5 Å². The maximum Gasteiger partial charge on any atom is 0.0577 e. The van der Waals surface area contributed by atoms with E-state index < -0.39 is 0 Å². The molecule has 0 aromatic carbocycles. The van der Waals surface area contributed by atoms with Crippen LogP contribution in [0.1, 0.15) is 77.2 Å². The summed E-state index contributed by atoms with van der Waals surface area (Å²) in [6, 6.07) is 4.23. The lowest BCUT2D eigenvalue weighted by Crippen LogP contribution is -2.61. The second-order valence-corrected chi connectivity index (χ2v) is 9.68. The molecule has 0 bridgehead atoms. The van der Waals surface area contributed by atoms with Crippen LogP contribution in [0.3, 0.4) is 0 Å². The van der Waals surface area contributed by atoms with Gasteiger partial charge < -0.3 is 10.8 Å². The Bertz CT molecular complexity index is 755. The summed E-state index contributed by atoms with van der Waals surface area (Å²) in [7, 11) is 0. The zero-order valence-corrected chi connectivity index (χ0v) is 17.5. The van der Waals surface area contributed by atoms with Crippen LogP contribution in [0.4, 0.5) is 0 Å². The Morgan fingerprint density at radius 1 is 1.36 bits per heavy atom. The number of nitrogens with two attached hydrogens (primary N) is 1. The maximum atomic E-state index is 10.4. The number of nitrogens with zero attached hydrogens (tertiary/aromatic N) is 1. The number of aliphatic hydroxyl groups excluding tert-OH is 1. The summed E-state index contributed by atoms with van der Waals surface area (Å²) in [5, 5.41) is 10.4. The first-order valence-corrected chi connectivity index (χ1v) is 11.2. The molecule has 152 valence electrons. The van der Waals surface area contributed by atoms with Crippen LogP contribution in [0.2, 0.25) is 0 Å². The number of unbranched alkanes of at least 4 members (excludes halogenated alkanes) is 1. The summed E-state index contributed by atoms with van der Waals surface area (Å²) in [6.07, 6.45) is 18.0. The van der Waals surface area contributed by atoms with E-state index in [4.69, 9.17) is 5.73 Å². The quantitative estimate of drug-likeness (QED) is 0.662. The molecule has 5 atom stereocenters. The highest BCUT2D eigenvalue weighted by atomic mass is 16.3. The summed E-state index contributed by atoms with van der Waals surface area (Å²) >= 11 is 0. The van der Waals surface area contributed by atoms with E-state index >= 15 is 0 Å². The zero-order valence-electron chi connectivity index (χ0n) is 17.5. The summed E-state index contributed by atoms with van der Waals surface area (Å²) in [5.41, 5.74) is 11.4. The minimum atomic E-state index is -0.185. The summed E-state index contributed by atoms with van der Waals surface area (Å²) in [6.45, 7) is 4.62. The molecule has 3 heteroatoms. The largest absolute Gasteiger partial charge is 0.393 e. The third kappa shape index (κ3) is 3.37. The van der Waals surface area contributed by atoms with Crippen LogP contribution < -0.4 is 5.73 Å². The third-order valence-corrected chi connectivity index (χ3v) is 7.98. The molecule has 1 fully saturated rings. The molecule has 1 heterocycles. The summed E-state index contributed by atoms with van der Waals surface area (Å²) in [4.78, 5) is 4.35. The normalized spacial score (nSPS) is 35.6. The molecule has 28 heavy (non-hydrogen) atoms. The fourth-order valence-corrected chi connectivity index (χ4v) is 6.37. The van der Waals surface area contributed by atoms with Crippen molar-refractivity contribution in [2.24, 2.45) is 23.0 Å². The lowest BCUT2D eigenvalue weighted by molar-refractivity contribution is 0.0319. The molecule has 0 aliphatic heterocycles. The highest BCUT2D eigenvalue weighted by molar-refractivity contribution is 5.72. The van der Waals surface area contributed by atoms with Gasteiger partial charge in [-0.25, -0.2) is 0 Å². The van der Waals surface area contributed by atoms with Gasteiger partial charge in [0, 0.05) is 17.9 Å². The molecule has 1 aromatic rings. The molecule has 0 spiro atoms. The molecule has 4 rings (SSSR count). The molecule has 5 unspecified atom stereocenters. The van der Waals surface area contributed by atoms with Crippen molar-refractivity contribution < 1.29 is 5.11 Å². The van der Waals surface area contributed by atoms with E-state index in [2.05, 4.69) is 37.0 Å². The van der Waals surface area contributed by atoms with E-state index in [0.717, 1.165) is 44.9 Å².